The number of likely N-dealkylation sites (N-methyl/N-ethyl adjacent to an activating group) is 1. The van der Waals surface area contributed by atoms with Gasteiger partial charge in [0, 0.05) is 44.6 Å². The molecule has 0 saturated carbocycles. The van der Waals surface area contributed by atoms with Gasteiger partial charge < -0.3 is 20.7 Å². The molecule has 2 aromatic rings. The highest BCUT2D eigenvalue weighted by molar-refractivity contribution is 5.85. The topological polar surface area (TPSA) is 121 Å². The van der Waals surface area contributed by atoms with Crippen LogP contribution in [0, 0.1) is 18.8 Å². The lowest BCUT2D eigenvalue weighted by Crippen LogP contribution is -2.47. The Hall–Kier alpha value is -3.87. The lowest BCUT2D eigenvalue weighted by molar-refractivity contribution is -0.125. The van der Waals surface area contributed by atoms with E-state index in [2.05, 4.69) is 42.7 Å². The molecule has 3 N–H and O–H groups in total. The first-order valence-corrected chi connectivity index (χ1v) is 11.5. The Labute approximate surface area is 207 Å². The second kappa shape index (κ2) is 12.6. The maximum atomic E-state index is 12.3. The maximum Gasteiger partial charge on any atom is 0.410 e. The third kappa shape index (κ3) is 9.12. The highest BCUT2D eigenvalue weighted by atomic mass is 16.6. The van der Waals surface area contributed by atoms with Gasteiger partial charge in [0.15, 0.2) is 0 Å². The molecule has 0 unspecified atom stereocenters. The molecule has 0 aromatic carbocycles. The molecule has 188 valence electrons. The minimum atomic E-state index is -0.644. The number of unbranched alkanes of at least 4 members (excludes halogenated alkanes) is 1. The standard InChI is InChI=1S/C25H35N7O3/c1-17-15-20(12-14-27-17)30-23-29-16-19(21(26-6)31-23)11-9-8-10-13-28-22(33)18(2)32(7)24(34)35-25(3,4)5/h12,14-16,18H,8,10,13H2,1-7H3,(H,28,33)(H2,26,27,29,30,31)/t18-/m0/s1. The van der Waals surface area contributed by atoms with Gasteiger partial charge in [0.25, 0.3) is 0 Å². The molecule has 2 rings (SSSR count). The SMILES string of the molecule is CNc1nc(Nc2ccnc(C)c2)ncc1C#CCCCNC(=O)[C@H](C)N(C)C(=O)OC(C)(C)C. The zero-order valence-electron chi connectivity index (χ0n) is 21.5. The highest BCUT2D eigenvalue weighted by Crippen LogP contribution is 2.17. The summed E-state index contributed by atoms with van der Waals surface area (Å²) in [5.74, 6) is 6.99. The van der Waals surface area contributed by atoms with Gasteiger partial charge >= 0.3 is 6.09 Å². The van der Waals surface area contributed by atoms with Crippen molar-refractivity contribution < 1.29 is 14.3 Å². The summed E-state index contributed by atoms with van der Waals surface area (Å²) >= 11 is 0. The molecule has 0 radical (unpaired) electrons. The van der Waals surface area contributed by atoms with Crippen molar-refractivity contribution in [2.75, 3.05) is 31.3 Å². The van der Waals surface area contributed by atoms with E-state index < -0.39 is 17.7 Å². The largest absolute Gasteiger partial charge is 0.444 e. The number of nitrogens with zero attached hydrogens (tertiary/aromatic N) is 4. The summed E-state index contributed by atoms with van der Waals surface area (Å²) in [4.78, 5) is 38.7. The van der Waals surface area contributed by atoms with Crippen LogP contribution in [-0.4, -0.2) is 64.1 Å². The third-order valence-electron chi connectivity index (χ3n) is 4.82. The van der Waals surface area contributed by atoms with E-state index in [1.54, 1.807) is 54.2 Å². The van der Waals surface area contributed by atoms with Crippen LogP contribution in [0.25, 0.3) is 0 Å². The number of nitrogens with one attached hydrogen (secondary N) is 3. The van der Waals surface area contributed by atoms with Gasteiger partial charge in [-0.2, -0.15) is 4.98 Å². The Morgan fingerprint density at radius 3 is 2.66 bits per heavy atom. The van der Waals surface area contributed by atoms with Gasteiger partial charge in [0.2, 0.25) is 11.9 Å². The van der Waals surface area contributed by atoms with Crippen LogP contribution in [-0.2, 0) is 9.53 Å². The smallest absolute Gasteiger partial charge is 0.410 e. The molecule has 0 aliphatic rings. The maximum absolute atomic E-state index is 12.3. The fraction of sp³-hybridized carbons (Fsp3) is 0.480. The molecule has 2 aromatic heterocycles. The Bertz CT molecular complexity index is 1090. The van der Waals surface area contributed by atoms with Crippen molar-refractivity contribution in [2.45, 2.75) is 59.1 Å². The van der Waals surface area contributed by atoms with Crippen molar-refractivity contribution in [3.8, 4) is 11.8 Å². The van der Waals surface area contributed by atoms with E-state index in [0.29, 0.717) is 36.7 Å². The summed E-state index contributed by atoms with van der Waals surface area (Å²) < 4.78 is 5.30. The second-order valence-electron chi connectivity index (χ2n) is 8.98. The van der Waals surface area contributed by atoms with Crippen molar-refractivity contribution in [1.29, 1.82) is 0 Å². The van der Waals surface area contributed by atoms with Gasteiger partial charge in [0.1, 0.15) is 17.5 Å². The van der Waals surface area contributed by atoms with Crippen LogP contribution in [0.15, 0.2) is 24.5 Å². The number of carbonyl (C=O) groups excluding carboxylic acids is 2. The number of aryl methyl sites for hydroxylation is 1. The monoisotopic (exact) mass is 481 g/mol. The van der Waals surface area contributed by atoms with E-state index in [-0.39, 0.29) is 5.91 Å². The van der Waals surface area contributed by atoms with Crippen LogP contribution in [0.3, 0.4) is 0 Å². The molecule has 10 heteroatoms. The van der Waals surface area contributed by atoms with Crippen LogP contribution in [0.4, 0.5) is 22.2 Å². The molecule has 0 fully saturated rings. The molecule has 0 saturated heterocycles. The summed E-state index contributed by atoms with van der Waals surface area (Å²) in [5, 5.41) is 9.02. The van der Waals surface area contributed by atoms with Gasteiger partial charge in [-0.05, 0) is 53.2 Å². The van der Waals surface area contributed by atoms with Crippen molar-refractivity contribution >= 4 is 29.5 Å². The number of aromatic nitrogens is 3. The van der Waals surface area contributed by atoms with E-state index in [4.69, 9.17) is 4.74 Å². The molecule has 35 heavy (non-hydrogen) atoms. The summed E-state index contributed by atoms with van der Waals surface area (Å²) in [5.41, 5.74) is 1.81. The van der Waals surface area contributed by atoms with Crippen molar-refractivity contribution in [1.82, 2.24) is 25.2 Å². The van der Waals surface area contributed by atoms with Crippen LogP contribution < -0.4 is 16.0 Å². The van der Waals surface area contributed by atoms with Crippen molar-refractivity contribution in [3.05, 3.63) is 35.8 Å². The van der Waals surface area contributed by atoms with Gasteiger partial charge in [-0.15, -0.1) is 0 Å². The second-order valence-corrected chi connectivity index (χ2v) is 8.98. The highest BCUT2D eigenvalue weighted by Gasteiger charge is 2.26. The first kappa shape index (κ1) is 27.4. The van der Waals surface area contributed by atoms with Crippen LogP contribution >= 0.6 is 0 Å². The number of hydrogen-bond donors (Lipinski definition) is 3. The summed E-state index contributed by atoms with van der Waals surface area (Å²) in [7, 11) is 3.32. The number of rotatable bonds is 8. The van der Waals surface area contributed by atoms with Crippen LogP contribution in [0.1, 0.15) is 51.8 Å². The number of ether oxygens (including phenoxy) is 1. The zero-order valence-corrected chi connectivity index (χ0v) is 21.5. The van der Waals surface area contributed by atoms with E-state index in [1.807, 2.05) is 19.1 Å². The Morgan fingerprint density at radius 1 is 1.26 bits per heavy atom. The first-order chi connectivity index (χ1) is 16.5. The molecule has 0 aliphatic carbocycles. The Morgan fingerprint density at radius 2 is 2.00 bits per heavy atom. The number of carbonyl (C=O) groups is 2. The fourth-order valence-corrected chi connectivity index (χ4v) is 2.84. The molecule has 0 aliphatic heterocycles. The first-order valence-electron chi connectivity index (χ1n) is 11.5. The predicted molar refractivity (Wildman–Crippen MR) is 136 cm³/mol. The minimum Gasteiger partial charge on any atom is -0.444 e. The van der Waals surface area contributed by atoms with Gasteiger partial charge in [-0.3, -0.25) is 14.7 Å². The number of anilines is 3. The zero-order chi connectivity index (χ0) is 26.0. The molecule has 10 nitrogen and oxygen atoms in total. The van der Waals surface area contributed by atoms with Gasteiger partial charge in [-0.1, -0.05) is 11.8 Å². The molecule has 1 atom stereocenters. The van der Waals surface area contributed by atoms with E-state index in [1.165, 1.54) is 4.90 Å². The number of amides is 2. The fourth-order valence-electron chi connectivity index (χ4n) is 2.84. The van der Waals surface area contributed by atoms with E-state index >= 15 is 0 Å². The third-order valence-corrected chi connectivity index (χ3v) is 4.82. The number of pyridine rings is 1. The lowest BCUT2D eigenvalue weighted by atomic mass is 10.2. The average molecular weight is 482 g/mol. The van der Waals surface area contributed by atoms with Gasteiger partial charge in [-0.25, -0.2) is 9.78 Å². The normalized spacial score (nSPS) is 11.5. The average Bonchev–Trinajstić information content (AvgIpc) is 2.79. The van der Waals surface area contributed by atoms with E-state index in [0.717, 1.165) is 11.4 Å². The van der Waals surface area contributed by atoms with Crippen molar-refractivity contribution in [3.63, 3.8) is 0 Å². The van der Waals surface area contributed by atoms with E-state index in [9.17, 15) is 9.59 Å². The van der Waals surface area contributed by atoms with Crippen LogP contribution in [0.2, 0.25) is 0 Å². The molecule has 2 amide bonds. The Kier molecular flexibility index (Phi) is 9.82. The summed E-state index contributed by atoms with van der Waals surface area (Å²) in [6.07, 6.45) is 4.09. The molecule has 0 spiro atoms. The minimum absolute atomic E-state index is 0.246. The quantitative estimate of drug-likeness (QED) is 0.387. The molecular formula is C25H35N7O3. The Balaban J connectivity index is 1.83. The predicted octanol–water partition coefficient (Wildman–Crippen LogP) is 3.47. The van der Waals surface area contributed by atoms with Gasteiger partial charge in [0.05, 0.1) is 11.8 Å². The molecule has 0 bridgehead atoms. The summed E-state index contributed by atoms with van der Waals surface area (Å²) in [6, 6.07) is 3.11. The van der Waals surface area contributed by atoms with Crippen molar-refractivity contribution in [2.24, 2.45) is 0 Å². The molecule has 2 heterocycles. The summed E-state index contributed by atoms with van der Waals surface area (Å²) in [6.45, 7) is 9.37. The number of hydrogen-bond acceptors (Lipinski definition) is 8. The lowest BCUT2D eigenvalue weighted by Gasteiger charge is -2.28. The van der Waals surface area contributed by atoms with Crippen LogP contribution in [0.5, 0.6) is 0 Å². The molecular weight excluding hydrogens is 446 g/mol.